The highest BCUT2D eigenvalue weighted by atomic mass is 32.2. The average Bonchev–Trinajstić information content (AvgIpc) is 2.50. The van der Waals surface area contributed by atoms with Gasteiger partial charge in [0, 0.05) is 28.0 Å². The van der Waals surface area contributed by atoms with Gasteiger partial charge in [0.1, 0.15) is 5.82 Å². The summed E-state index contributed by atoms with van der Waals surface area (Å²) < 4.78 is 13.5. The number of thioether (sulfide) groups is 2. The fourth-order valence-corrected chi connectivity index (χ4v) is 6.24. The Balaban J connectivity index is 2.15. The Labute approximate surface area is 136 Å². The number of nitrogens with one attached hydrogen (secondary N) is 1. The summed E-state index contributed by atoms with van der Waals surface area (Å²) in [6.45, 7) is 7.50. The minimum Gasteiger partial charge on any atom is -0.313 e. The first-order chi connectivity index (χ1) is 10.2. The summed E-state index contributed by atoms with van der Waals surface area (Å²) in [5.41, 5.74) is 2.34. The molecule has 1 heterocycles. The number of benzene rings is 1. The molecule has 3 atom stereocenters. The zero-order valence-electron chi connectivity index (χ0n) is 13.2. The van der Waals surface area contributed by atoms with Crippen molar-refractivity contribution in [1.29, 1.82) is 0 Å². The van der Waals surface area contributed by atoms with Crippen LogP contribution in [0.1, 0.15) is 31.4 Å². The first-order valence-corrected chi connectivity index (χ1v) is 9.97. The lowest BCUT2D eigenvalue weighted by Gasteiger charge is -2.36. The van der Waals surface area contributed by atoms with Crippen LogP contribution in [0.25, 0.3) is 0 Å². The maximum atomic E-state index is 13.5. The molecule has 0 aliphatic carbocycles. The van der Waals surface area contributed by atoms with Crippen LogP contribution in [0.4, 0.5) is 4.39 Å². The number of aryl methyl sites for hydroxylation is 1. The van der Waals surface area contributed by atoms with Gasteiger partial charge < -0.3 is 5.32 Å². The van der Waals surface area contributed by atoms with Crippen LogP contribution >= 0.6 is 23.5 Å². The normalized spacial score (nSPS) is 24.0. The Bertz CT molecular complexity index is 452. The Hall–Kier alpha value is -0.190. The van der Waals surface area contributed by atoms with Crippen molar-refractivity contribution in [3.63, 3.8) is 0 Å². The zero-order chi connectivity index (χ0) is 15.2. The lowest BCUT2D eigenvalue weighted by atomic mass is 9.97. The number of rotatable bonds is 6. The predicted octanol–water partition coefficient (Wildman–Crippen LogP) is 4.28. The monoisotopic (exact) mass is 327 g/mol. The molecule has 2 rings (SSSR count). The molecule has 3 unspecified atom stereocenters. The highest BCUT2D eigenvalue weighted by molar-refractivity contribution is 8.07. The van der Waals surface area contributed by atoms with Gasteiger partial charge in [0.05, 0.1) is 0 Å². The molecule has 118 valence electrons. The number of halogens is 1. The Morgan fingerprint density at radius 1 is 1.29 bits per heavy atom. The second kappa shape index (κ2) is 8.44. The molecule has 1 fully saturated rings. The molecular weight excluding hydrogens is 301 g/mol. The van der Waals surface area contributed by atoms with E-state index in [1.165, 1.54) is 23.5 Å². The fourth-order valence-electron chi connectivity index (χ4n) is 2.97. The van der Waals surface area contributed by atoms with Crippen LogP contribution in [0.5, 0.6) is 0 Å². The Morgan fingerprint density at radius 3 is 2.76 bits per heavy atom. The van der Waals surface area contributed by atoms with Crippen LogP contribution in [0.3, 0.4) is 0 Å². The summed E-state index contributed by atoms with van der Waals surface area (Å²) in [6, 6.07) is 5.59. The van der Waals surface area contributed by atoms with Crippen LogP contribution < -0.4 is 5.32 Å². The van der Waals surface area contributed by atoms with E-state index in [2.05, 4.69) is 49.6 Å². The van der Waals surface area contributed by atoms with Gasteiger partial charge in [0.2, 0.25) is 0 Å². The topological polar surface area (TPSA) is 12.0 Å². The molecule has 1 aromatic rings. The van der Waals surface area contributed by atoms with Crippen LogP contribution in [0, 0.1) is 12.7 Å². The fraction of sp³-hybridized carbons (Fsp3) is 0.647. The molecule has 1 aliphatic rings. The lowest BCUT2D eigenvalue weighted by molar-refractivity contribution is 0.488. The van der Waals surface area contributed by atoms with Gasteiger partial charge in [-0.15, -0.1) is 0 Å². The van der Waals surface area contributed by atoms with E-state index in [9.17, 15) is 4.39 Å². The maximum Gasteiger partial charge on any atom is 0.123 e. The third kappa shape index (κ3) is 4.64. The third-order valence-electron chi connectivity index (χ3n) is 4.11. The molecule has 1 saturated heterocycles. The largest absolute Gasteiger partial charge is 0.313 e. The van der Waals surface area contributed by atoms with E-state index < -0.39 is 0 Å². The number of hydrogen-bond donors (Lipinski definition) is 1. The standard InChI is InChI=1S/C17H26FNS2/c1-4-16-17(21-9-8-20-16)15(19-5-2)11-13-10-14(18)7-6-12(13)3/h6-7,10,15-17,19H,4-5,8-9,11H2,1-3H3. The summed E-state index contributed by atoms with van der Waals surface area (Å²) in [5, 5.41) is 4.99. The summed E-state index contributed by atoms with van der Waals surface area (Å²) in [7, 11) is 0. The summed E-state index contributed by atoms with van der Waals surface area (Å²) in [4.78, 5) is 0. The second-order valence-corrected chi connectivity index (χ2v) is 8.22. The average molecular weight is 328 g/mol. The minimum atomic E-state index is -0.122. The Morgan fingerprint density at radius 2 is 2.05 bits per heavy atom. The molecule has 0 bridgehead atoms. The van der Waals surface area contributed by atoms with Crippen LogP contribution in [0.2, 0.25) is 0 Å². The molecule has 1 aliphatic heterocycles. The molecule has 0 radical (unpaired) electrons. The maximum absolute atomic E-state index is 13.5. The minimum absolute atomic E-state index is 0.122. The highest BCUT2D eigenvalue weighted by Gasteiger charge is 2.31. The molecule has 0 amide bonds. The summed E-state index contributed by atoms with van der Waals surface area (Å²) in [5.74, 6) is 2.37. The molecule has 0 spiro atoms. The molecule has 1 aromatic carbocycles. The summed E-state index contributed by atoms with van der Waals surface area (Å²) >= 11 is 4.20. The van der Waals surface area contributed by atoms with Crippen molar-refractivity contribution in [3.8, 4) is 0 Å². The van der Waals surface area contributed by atoms with Gasteiger partial charge in [-0.05, 0) is 49.6 Å². The first-order valence-electron chi connectivity index (χ1n) is 7.87. The van der Waals surface area contributed by atoms with Crippen molar-refractivity contribution in [2.75, 3.05) is 18.1 Å². The van der Waals surface area contributed by atoms with Crippen molar-refractivity contribution < 1.29 is 4.39 Å². The van der Waals surface area contributed by atoms with Gasteiger partial charge in [0.25, 0.3) is 0 Å². The third-order valence-corrected chi connectivity index (χ3v) is 7.52. The van der Waals surface area contributed by atoms with Crippen molar-refractivity contribution in [2.24, 2.45) is 0 Å². The van der Waals surface area contributed by atoms with Crippen LogP contribution in [-0.4, -0.2) is 34.6 Å². The smallest absolute Gasteiger partial charge is 0.123 e. The van der Waals surface area contributed by atoms with E-state index in [0.29, 0.717) is 16.5 Å². The molecule has 0 saturated carbocycles. The lowest BCUT2D eigenvalue weighted by Crippen LogP contribution is -2.46. The molecule has 4 heteroatoms. The second-order valence-electron chi connectivity index (χ2n) is 5.59. The van der Waals surface area contributed by atoms with E-state index >= 15 is 0 Å². The number of likely N-dealkylation sites (N-methyl/N-ethyl adjacent to an activating group) is 1. The number of hydrogen-bond acceptors (Lipinski definition) is 3. The van der Waals surface area contributed by atoms with Crippen molar-refractivity contribution in [3.05, 3.63) is 35.1 Å². The molecule has 0 aromatic heterocycles. The molecular formula is C17H26FNS2. The van der Waals surface area contributed by atoms with E-state index in [1.54, 1.807) is 12.1 Å². The molecule has 1 nitrogen and oxygen atoms in total. The first kappa shape index (κ1) is 17.2. The van der Waals surface area contributed by atoms with Gasteiger partial charge >= 0.3 is 0 Å². The van der Waals surface area contributed by atoms with Gasteiger partial charge in [-0.25, -0.2) is 4.39 Å². The molecule has 1 N–H and O–H groups in total. The van der Waals surface area contributed by atoms with E-state index in [-0.39, 0.29) is 5.82 Å². The SMILES string of the molecule is CCNC(Cc1cc(F)ccc1C)C1SCCSC1CC. The van der Waals surface area contributed by atoms with E-state index in [1.807, 2.05) is 6.07 Å². The van der Waals surface area contributed by atoms with Gasteiger partial charge in [-0.1, -0.05) is 19.9 Å². The highest BCUT2D eigenvalue weighted by Crippen LogP contribution is 2.36. The van der Waals surface area contributed by atoms with Gasteiger partial charge in [-0.3, -0.25) is 0 Å². The van der Waals surface area contributed by atoms with Crippen LogP contribution in [-0.2, 0) is 6.42 Å². The van der Waals surface area contributed by atoms with Gasteiger partial charge in [0.15, 0.2) is 0 Å². The van der Waals surface area contributed by atoms with Crippen molar-refractivity contribution >= 4 is 23.5 Å². The Kier molecular flexibility index (Phi) is 6.90. The van der Waals surface area contributed by atoms with E-state index in [0.717, 1.165) is 18.5 Å². The quantitative estimate of drug-likeness (QED) is 0.837. The zero-order valence-corrected chi connectivity index (χ0v) is 14.8. The predicted molar refractivity (Wildman–Crippen MR) is 95.1 cm³/mol. The van der Waals surface area contributed by atoms with Crippen LogP contribution in [0.15, 0.2) is 18.2 Å². The summed E-state index contributed by atoms with van der Waals surface area (Å²) in [6.07, 6.45) is 2.14. The van der Waals surface area contributed by atoms with Gasteiger partial charge in [-0.2, -0.15) is 23.5 Å². The van der Waals surface area contributed by atoms with E-state index in [4.69, 9.17) is 0 Å². The van der Waals surface area contributed by atoms with Crippen molar-refractivity contribution in [2.45, 2.75) is 50.2 Å². The van der Waals surface area contributed by atoms with Crippen molar-refractivity contribution in [1.82, 2.24) is 5.32 Å². The molecule has 21 heavy (non-hydrogen) atoms.